The summed E-state index contributed by atoms with van der Waals surface area (Å²) in [6, 6.07) is 4.65. The van der Waals surface area contributed by atoms with Gasteiger partial charge in [-0.2, -0.15) is 0 Å². The average molecular weight is 367 g/mol. The molecule has 0 radical (unpaired) electrons. The Labute approximate surface area is 152 Å². The minimum Gasteiger partial charge on any atom is -0.452 e. The van der Waals surface area contributed by atoms with Gasteiger partial charge in [-0.15, -0.1) is 0 Å². The highest BCUT2D eigenvalue weighted by Gasteiger charge is 2.24. The predicted molar refractivity (Wildman–Crippen MR) is 95.8 cm³/mol. The Bertz CT molecular complexity index is 662. The number of anilines is 1. The zero-order valence-corrected chi connectivity index (χ0v) is 15.3. The maximum Gasteiger partial charge on any atom is 0.338 e. The molecule has 2 rings (SSSR count). The molecule has 1 N–H and O–H groups in total. The summed E-state index contributed by atoms with van der Waals surface area (Å²) in [5, 5.41) is 3.17. The van der Waals surface area contributed by atoms with E-state index in [4.69, 9.17) is 16.3 Å². The van der Waals surface area contributed by atoms with E-state index in [0.717, 1.165) is 19.3 Å². The molecule has 25 heavy (non-hydrogen) atoms. The van der Waals surface area contributed by atoms with E-state index in [9.17, 15) is 14.4 Å². The summed E-state index contributed by atoms with van der Waals surface area (Å²) >= 11 is 6.15. The van der Waals surface area contributed by atoms with Crippen LogP contribution in [0.4, 0.5) is 5.69 Å². The van der Waals surface area contributed by atoms with Gasteiger partial charge in [0, 0.05) is 19.0 Å². The SMILES string of the molecule is CCC[C@H](C)NC(=O)COC(=O)c1ccc(Cl)c(N2CCCC2=O)c1. The van der Waals surface area contributed by atoms with Gasteiger partial charge in [-0.1, -0.05) is 24.9 Å². The van der Waals surface area contributed by atoms with Crippen molar-refractivity contribution in [3.8, 4) is 0 Å². The number of ether oxygens (including phenoxy) is 1. The van der Waals surface area contributed by atoms with Crippen LogP contribution in [-0.2, 0) is 14.3 Å². The molecular weight excluding hydrogens is 344 g/mol. The molecule has 7 heteroatoms. The van der Waals surface area contributed by atoms with Crippen LogP contribution in [-0.4, -0.2) is 37.0 Å². The molecule has 0 bridgehead atoms. The van der Waals surface area contributed by atoms with Crippen LogP contribution in [0.2, 0.25) is 5.02 Å². The van der Waals surface area contributed by atoms with Crippen molar-refractivity contribution < 1.29 is 19.1 Å². The highest BCUT2D eigenvalue weighted by Crippen LogP contribution is 2.30. The molecule has 1 atom stereocenters. The lowest BCUT2D eigenvalue weighted by Crippen LogP contribution is -2.35. The Hall–Kier alpha value is -2.08. The van der Waals surface area contributed by atoms with Crippen LogP contribution in [0.15, 0.2) is 18.2 Å². The highest BCUT2D eigenvalue weighted by atomic mass is 35.5. The van der Waals surface area contributed by atoms with Crippen LogP contribution in [0.1, 0.15) is 49.9 Å². The maximum absolute atomic E-state index is 12.2. The number of hydrogen-bond acceptors (Lipinski definition) is 4. The molecule has 1 aromatic carbocycles. The third-order valence-electron chi connectivity index (χ3n) is 4.01. The third-order valence-corrected chi connectivity index (χ3v) is 4.33. The maximum atomic E-state index is 12.2. The van der Waals surface area contributed by atoms with Crippen LogP contribution < -0.4 is 10.2 Å². The number of rotatable bonds is 7. The molecule has 0 unspecified atom stereocenters. The number of carbonyl (C=O) groups excluding carboxylic acids is 3. The third kappa shape index (κ3) is 5.19. The van der Waals surface area contributed by atoms with Gasteiger partial charge in [-0.25, -0.2) is 4.79 Å². The molecule has 136 valence electrons. The summed E-state index contributed by atoms with van der Waals surface area (Å²) in [6.07, 6.45) is 3.06. The fraction of sp³-hybridized carbons (Fsp3) is 0.500. The second-order valence-electron chi connectivity index (χ2n) is 6.15. The van der Waals surface area contributed by atoms with Crippen molar-refractivity contribution in [3.63, 3.8) is 0 Å². The van der Waals surface area contributed by atoms with E-state index in [1.807, 2.05) is 13.8 Å². The predicted octanol–water partition coefficient (Wildman–Crippen LogP) is 2.93. The smallest absolute Gasteiger partial charge is 0.338 e. The first kappa shape index (κ1) is 19.2. The molecule has 0 aromatic heterocycles. The Kier molecular flexibility index (Phi) is 6.82. The summed E-state index contributed by atoms with van der Waals surface area (Å²) in [6.45, 7) is 4.18. The lowest BCUT2D eigenvalue weighted by atomic mass is 10.2. The number of nitrogens with zero attached hydrogens (tertiary/aromatic N) is 1. The van der Waals surface area contributed by atoms with Gasteiger partial charge in [-0.05, 0) is 38.0 Å². The van der Waals surface area contributed by atoms with Crippen LogP contribution in [0.5, 0.6) is 0 Å². The zero-order chi connectivity index (χ0) is 18.4. The standard InChI is InChI=1S/C18H23ClN2O4/c1-3-5-12(2)20-16(22)11-25-18(24)13-7-8-14(19)15(10-13)21-9-4-6-17(21)23/h7-8,10,12H,3-6,9,11H2,1-2H3,(H,20,22)/t12-/m0/s1. The Morgan fingerprint density at radius 1 is 1.40 bits per heavy atom. The topological polar surface area (TPSA) is 75.7 Å². The molecule has 1 aliphatic rings. The summed E-state index contributed by atoms with van der Waals surface area (Å²) < 4.78 is 5.06. The van der Waals surface area contributed by atoms with Crippen molar-refractivity contribution in [2.45, 2.75) is 45.6 Å². The van der Waals surface area contributed by atoms with Gasteiger partial charge >= 0.3 is 5.97 Å². The monoisotopic (exact) mass is 366 g/mol. The minimum atomic E-state index is -0.622. The molecule has 6 nitrogen and oxygen atoms in total. The average Bonchev–Trinajstić information content (AvgIpc) is 2.99. The van der Waals surface area contributed by atoms with E-state index in [-0.39, 0.29) is 30.0 Å². The summed E-state index contributed by atoms with van der Waals surface area (Å²) in [7, 11) is 0. The molecule has 0 spiro atoms. The molecular formula is C18H23ClN2O4. The highest BCUT2D eigenvalue weighted by molar-refractivity contribution is 6.34. The molecule has 2 amide bonds. The van der Waals surface area contributed by atoms with Crippen molar-refractivity contribution in [1.82, 2.24) is 5.32 Å². The van der Waals surface area contributed by atoms with Crippen molar-refractivity contribution in [3.05, 3.63) is 28.8 Å². The lowest BCUT2D eigenvalue weighted by Gasteiger charge is -2.18. The number of amides is 2. The van der Waals surface area contributed by atoms with Gasteiger partial charge < -0.3 is 15.0 Å². The molecule has 1 aliphatic heterocycles. The van der Waals surface area contributed by atoms with Gasteiger partial charge in [0.1, 0.15) is 0 Å². The van der Waals surface area contributed by atoms with Gasteiger partial charge in [0.2, 0.25) is 5.91 Å². The quantitative estimate of drug-likeness (QED) is 0.753. The largest absolute Gasteiger partial charge is 0.452 e. The Morgan fingerprint density at radius 2 is 2.16 bits per heavy atom. The second-order valence-corrected chi connectivity index (χ2v) is 6.56. The van der Waals surface area contributed by atoms with Crippen molar-refractivity contribution in [2.75, 3.05) is 18.1 Å². The summed E-state index contributed by atoms with van der Waals surface area (Å²) in [5.74, 6) is -0.974. The summed E-state index contributed by atoms with van der Waals surface area (Å²) in [4.78, 5) is 37.4. The van der Waals surface area contributed by atoms with E-state index >= 15 is 0 Å². The number of carbonyl (C=O) groups is 3. The Balaban J connectivity index is 1.98. The fourth-order valence-corrected chi connectivity index (χ4v) is 3.01. The second kappa shape index (κ2) is 8.85. The number of halogens is 1. The zero-order valence-electron chi connectivity index (χ0n) is 14.5. The van der Waals surface area contributed by atoms with Gasteiger partial charge in [0.05, 0.1) is 16.3 Å². The Morgan fingerprint density at radius 3 is 2.80 bits per heavy atom. The molecule has 1 fully saturated rings. The number of benzene rings is 1. The lowest BCUT2D eigenvalue weighted by molar-refractivity contribution is -0.124. The fourth-order valence-electron chi connectivity index (χ4n) is 2.79. The molecule has 1 aromatic rings. The van der Waals surface area contributed by atoms with E-state index in [2.05, 4.69) is 5.32 Å². The molecule has 0 saturated carbocycles. The van der Waals surface area contributed by atoms with Crippen molar-refractivity contribution >= 4 is 35.1 Å². The van der Waals surface area contributed by atoms with E-state index in [1.54, 1.807) is 11.0 Å². The minimum absolute atomic E-state index is 0.0169. The van der Waals surface area contributed by atoms with E-state index in [1.165, 1.54) is 12.1 Å². The molecule has 1 heterocycles. The first-order valence-corrected chi connectivity index (χ1v) is 8.86. The number of hydrogen-bond donors (Lipinski definition) is 1. The van der Waals surface area contributed by atoms with Crippen molar-refractivity contribution in [2.24, 2.45) is 0 Å². The van der Waals surface area contributed by atoms with Gasteiger partial charge in [0.15, 0.2) is 6.61 Å². The first-order chi connectivity index (χ1) is 11.9. The van der Waals surface area contributed by atoms with Crippen molar-refractivity contribution in [1.29, 1.82) is 0 Å². The first-order valence-electron chi connectivity index (χ1n) is 8.48. The van der Waals surface area contributed by atoms with E-state index < -0.39 is 5.97 Å². The van der Waals surface area contributed by atoms with Crippen LogP contribution in [0, 0.1) is 0 Å². The van der Waals surface area contributed by atoms with Crippen LogP contribution in [0.25, 0.3) is 0 Å². The van der Waals surface area contributed by atoms with Gasteiger partial charge in [-0.3, -0.25) is 9.59 Å². The summed E-state index contributed by atoms with van der Waals surface area (Å²) in [5.41, 5.74) is 0.758. The number of nitrogens with one attached hydrogen (secondary N) is 1. The molecule has 1 saturated heterocycles. The molecule has 0 aliphatic carbocycles. The van der Waals surface area contributed by atoms with Gasteiger partial charge in [0.25, 0.3) is 5.91 Å². The van der Waals surface area contributed by atoms with E-state index in [0.29, 0.717) is 23.7 Å². The van der Waals surface area contributed by atoms with Crippen LogP contribution in [0.3, 0.4) is 0 Å². The number of esters is 1. The normalized spacial score (nSPS) is 15.2. The van der Waals surface area contributed by atoms with Crippen LogP contribution >= 0.6 is 11.6 Å².